The molecule has 1 amide bonds. The molecule has 0 atom stereocenters. The Hall–Kier alpha value is -1.38. The van der Waals surface area contributed by atoms with Crippen LogP contribution in [0.3, 0.4) is 0 Å². The first-order chi connectivity index (χ1) is 7.18. The van der Waals surface area contributed by atoms with Crippen molar-refractivity contribution in [3.63, 3.8) is 0 Å². The lowest BCUT2D eigenvalue weighted by Gasteiger charge is -2.16. The molecule has 0 saturated heterocycles. The first kappa shape index (κ1) is 10.1. The fourth-order valence-corrected chi connectivity index (χ4v) is 1.59. The summed E-state index contributed by atoms with van der Waals surface area (Å²) in [6.07, 6.45) is 2.33. The van der Waals surface area contributed by atoms with E-state index in [1.807, 2.05) is 0 Å². The molecule has 0 unspecified atom stereocenters. The maximum absolute atomic E-state index is 13.3. The van der Waals surface area contributed by atoms with E-state index in [4.69, 9.17) is 0 Å². The molecule has 1 aliphatic rings. The number of hydrogen-bond acceptors (Lipinski definition) is 1. The summed E-state index contributed by atoms with van der Waals surface area (Å²) < 4.78 is 13.3. The predicted octanol–water partition coefficient (Wildman–Crippen LogP) is 1.99. The number of hydrogen-bond donors (Lipinski definition) is 0. The molecule has 1 aliphatic carbocycles. The Balaban J connectivity index is 2.02. The topological polar surface area (TPSA) is 20.3 Å². The summed E-state index contributed by atoms with van der Waals surface area (Å²) in [5, 5.41) is 0. The van der Waals surface area contributed by atoms with Crippen molar-refractivity contribution in [1.82, 2.24) is 4.90 Å². The summed E-state index contributed by atoms with van der Waals surface area (Å²) in [5.41, 5.74) is 0.481. The van der Waals surface area contributed by atoms with Crippen molar-refractivity contribution in [2.45, 2.75) is 25.3 Å². The van der Waals surface area contributed by atoms with Crippen LogP contribution in [0.5, 0.6) is 0 Å². The SMILES string of the molecule is CN(C(=O)Cc1ccccc1F)C1CC1. The average Bonchev–Trinajstić information content (AvgIpc) is 3.04. The van der Waals surface area contributed by atoms with Gasteiger partial charge in [-0.15, -0.1) is 0 Å². The Kier molecular flexibility index (Phi) is 2.71. The lowest BCUT2D eigenvalue weighted by atomic mass is 10.1. The molecule has 2 rings (SSSR count). The zero-order chi connectivity index (χ0) is 10.8. The monoisotopic (exact) mass is 207 g/mol. The van der Waals surface area contributed by atoms with Crippen LogP contribution in [0.25, 0.3) is 0 Å². The van der Waals surface area contributed by atoms with Crippen LogP contribution in [0, 0.1) is 5.82 Å². The minimum absolute atomic E-state index is 0.00241. The molecule has 0 bridgehead atoms. The van der Waals surface area contributed by atoms with E-state index >= 15 is 0 Å². The molecule has 1 aromatic carbocycles. The zero-order valence-electron chi connectivity index (χ0n) is 8.74. The molecule has 2 nitrogen and oxygen atoms in total. The van der Waals surface area contributed by atoms with E-state index in [0.717, 1.165) is 12.8 Å². The molecular weight excluding hydrogens is 193 g/mol. The molecule has 0 aliphatic heterocycles. The Bertz CT molecular complexity index is 374. The van der Waals surface area contributed by atoms with Gasteiger partial charge < -0.3 is 4.90 Å². The Morgan fingerprint density at radius 3 is 2.73 bits per heavy atom. The van der Waals surface area contributed by atoms with Crippen molar-refractivity contribution in [2.24, 2.45) is 0 Å². The highest BCUT2D eigenvalue weighted by molar-refractivity contribution is 5.79. The standard InChI is InChI=1S/C12H14FNO/c1-14(10-6-7-10)12(15)8-9-4-2-3-5-11(9)13/h2-5,10H,6-8H2,1H3. The van der Waals surface area contributed by atoms with E-state index in [2.05, 4.69) is 0 Å². The largest absolute Gasteiger partial charge is 0.342 e. The Morgan fingerprint density at radius 2 is 2.13 bits per heavy atom. The van der Waals surface area contributed by atoms with Crippen molar-refractivity contribution in [2.75, 3.05) is 7.05 Å². The van der Waals surface area contributed by atoms with Crippen LogP contribution in [-0.4, -0.2) is 23.9 Å². The van der Waals surface area contributed by atoms with Gasteiger partial charge in [0, 0.05) is 13.1 Å². The summed E-state index contributed by atoms with van der Waals surface area (Å²) >= 11 is 0. The third-order valence-corrected chi connectivity index (χ3v) is 2.79. The molecule has 80 valence electrons. The second-order valence-corrected chi connectivity index (χ2v) is 4.00. The third-order valence-electron chi connectivity index (χ3n) is 2.79. The number of amides is 1. The lowest BCUT2D eigenvalue weighted by Crippen LogP contribution is -2.30. The van der Waals surface area contributed by atoms with Gasteiger partial charge in [0.15, 0.2) is 0 Å². The van der Waals surface area contributed by atoms with Crippen molar-refractivity contribution in [3.8, 4) is 0 Å². The van der Waals surface area contributed by atoms with Crippen LogP contribution in [0.2, 0.25) is 0 Å². The van der Waals surface area contributed by atoms with E-state index in [0.29, 0.717) is 11.6 Å². The van der Waals surface area contributed by atoms with Gasteiger partial charge in [-0.25, -0.2) is 4.39 Å². The minimum atomic E-state index is -0.296. The highest BCUT2D eigenvalue weighted by Gasteiger charge is 2.29. The first-order valence-electron chi connectivity index (χ1n) is 5.17. The molecular formula is C12H14FNO. The molecule has 1 fully saturated rings. The van der Waals surface area contributed by atoms with Crippen LogP contribution in [0.4, 0.5) is 4.39 Å². The van der Waals surface area contributed by atoms with Gasteiger partial charge in [0.2, 0.25) is 5.91 Å². The highest BCUT2D eigenvalue weighted by Crippen LogP contribution is 2.25. The number of nitrogens with zero attached hydrogens (tertiary/aromatic N) is 1. The molecule has 15 heavy (non-hydrogen) atoms. The number of likely N-dealkylation sites (N-methyl/N-ethyl adjacent to an activating group) is 1. The molecule has 0 heterocycles. The summed E-state index contributed by atoms with van der Waals surface area (Å²) in [6, 6.07) is 6.83. The van der Waals surface area contributed by atoms with Crippen LogP contribution in [0.15, 0.2) is 24.3 Å². The van der Waals surface area contributed by atoms with Gasteiger partial charge in [0.25, 0.3) is 0 Å². The maximum atomic E-state index is 13.3. The van der Waals surface area contributed by atoms with E-state index in [1.165, 1.54) is 6.07 Å². The van der Waals surface area contributed by atoms with E-state index in [-0.39, 0.29) is 18.1 Å². The van der Waals surface area contributed by atoms with E-state index in [9.17, 15) is 9.18 Å². The molecule has 1 saturated carbocycles. The van der Waals surface area contributed by atoms with E-state index in [1.54, 1.807) is 30.1 Å². The predicted molar refractivity (Wildman–Crippen MR) is 55.9 cm³/mol. The van der Waals surface area contributed by atoms with Gasteiger partial charge in [-0.2, -0.15) is 0 Å². The highest BCUT2D eigenvalue weighted by atomic mass is 19.1. The second kappa shape index (κ2) is 4.01. The number of carbonyl (C=O) groups is 1. The fraction of sp³-hybridized carbons (Fsp3) is 0.417. The van der Waals surface area contributed by atoms with Crippen molar-refractivity contribution in [1.29, 1.82) is 0 Å². The number of rotatable bonds is 3. The molecule has 0 spiro atoms. The summed E-state index contributed by atoms with van der Waals surface area (Å²) in [7, 11) is 1.79. The van der Waals surface area contributed by atoms with Crippen molar-refractivity contribution in [3.05, 3.63) is 35.6 Å². The minimum Gasteiger partial charge on any atom is -0.342 e. The van der Waals surface area contributed by atoms with E-state index < -0.39 is 0 Å². The average molecular weight is 207 g/mol. The van der Waals surface area contributed by atoms with Gasteiger partial charge in [0.1, 0.15) is 5.82 Å². The summed E-state index contributed by atoms with van der Waals surface area (Å²) in [5.74, 6) is -0.294. The normalized spacial score (nSPS) is 15.1. The van der Waals surface area contributed by atoms with Crippen molar-refractivity contribution < 1.29 is 9.18 Å². The lowest BCUT2D eigenvalue weighted by molar-refractivity contribution is -0.129. The zero-order valence-corrected chi connectivity index (χ0v) is 8.74. The quantitative estimate of drug-likeness (QED) is 0.742. The summed E-state index contributed by atoms with van der Waals surface area (Å²) in [4.78, 5) is 13.4. The summed E-state index contributed by atoms with van der Waals surface area (Å²) in [6.45, 7) is 0. The van der Waals surface area contributed by atoms with Gasteiger partial charge in [-0.3, -0.25) is 4.79 Å². The Morgan fingerprint density at radius 1 is 1.47 bits per heavy atom. The fourth-order valence-electron chi connectivity index (χ4n) is 1.59. The van der Waals surface area contributed by atoms with Crippen LogP contribution in [0.1, 0.15) is 18.4 Å². The molecule has 1 aromatic rings. The van der Waals surface area contributed by atoms with Gasteiger partial charge in [-0.05, 0) is 24.5 Å². The molecule has 0 aromatic heterocycles. The number of halogens is 1. The molecule has 3 heteroatoms. The number of benzene rings is 1. The number of carbonyl (C=O) groups excluding carboxylic acids is 1. The van der Waals surface area contributed by atoms with Gasteiger partial charge in [0.05, 0.1) is 6.42 Å². The second-order valence-electron chi connectivity index (χ2n) is 4.00. The molecule has 0 N–H and O–H groups in total. The van der Waals surface area contributed by atoms with Gasteiger partial charge in [-0.1, -0.05) is 18.2 Å². The molecule has 0 radical (unpaired) electrons. The van der Waals surface area contributed by atoms with Gasteiger partial charge >= 0.3 is 0 Å². The third kappa shape index (κ3) is 2.35. The smallest absolute Gasteiger partial charge is 0.227 e. The van der Waals surface area contributed by atoms with Crippen molar-refractivity contribution >= 4 is 5.91 Å². The van der Waals surface area contributed by atoms with Crippen LogP contribution < -0.4 is 0 Å². The first-order valence-corrected chi connectivity index (χ1v) is 5.17. The van der Waals surface area contributed by atoms with Crippen LogP contribution in [-0.2, 0) is 11.2 Å². The van der Waals surface area contributed by atoms with Crippen LogP contribution >= 0.6 is 0 Å². The Labute approximate surface area is 88.7 Å². The maximum Gasteiger partial charge on any atom is 0.227 e.